The summed E-state index contributed by atoms with van der Waals surface area (Å²) in [5.74, 6) is -0.315. The summed E-state index contributed by atoms with van der Waals surface area (Å²) in [5.41, 5.74) is -0.000832. The average molecular weight is 390 g/mol. The zero-order valence-electron chi connectivity index (χ0n) is 13.5. The van der Waals surface area contributed by atoms with Gasteiger partial charge in [-0.25, -0.2) is 9.37 Å². The Labute approximate surface area is 153 Å². The van der Waals surface area contributed by atoms with Crippen LogP contribution >= 0.6 is 11.3 Å². The minimum atomic E-state index is -4.49. The van der Waals surface area contributed by atoms with Gasteiger partial charge in [0.05, 0.1) is 11.1 Å². The highest BCUT2D eigenvalue weighted by Crippen LogP contribution is 2.33. The number of rotatable bonds is 2. The lowest BCUT2D eigenvalue weighted by atomic mass is 10.1. The van der Waals surface area contributed by atoms with Gasteiger partial charge in [-0.1, -0.05) is 24.3 Å². The van der Waals surface area contributed by atoms with E-state index in [-0.39, 0.29) is 17.2 Å². The number of fused-ring (bicyclic) bond motifs is 1. The van der Waals surface area contributed by atoms with Gasteiger partial charge in [0.2, 0.25) is 0 Å². The standard InChI is InChI=1S/C19H10F4N2OS/c20-13-6-4-10(5-7-13)15-9-14-16(27-15)18(26)25-17(24-14)11-2-1-3-12(8-11)19(21,22)23/h1-9H,(H,24,25,26). The lowest BCUT2D eigenvalue weighted by Gasteiger charge is -2.08. The molecule has 0 atom stereocenters. The Morgan fingerprint density at radius 2 is 1.70 bits per heavy atom. The average Bonchev–Trinajstić information content (AvgIpc) is 3.06. The van der Waals surface area contributed by atoms with Gasteiger partial charge in [-0.3, -0.25) is 4.79 Å². The van der Waals surface area contributed by atoms with E-state index in [1.165, 1.54) is 35.6 Å². The molecule has 2 heterocycles. The highest BCUT2D eigenvalue weighted by molar-refractivity contribution is 7.22. The van der Waals surface area contributed by atoms with E-state index in [1.807, 2.05) is 0 Å². The van der Waals surface area contributed by atoms with Crippen molar-refractivity contribution < 1.29 is 17.6 Å². The van der Waals surface area contributed by atoms with Crippen molar-refractivity contribution >= 4 is 21.6 Å². The van der Waals surface area contributed by atoms with Gasteiger partial charge in [0.25, 0.3) is 5.56 Å². The fraction of sp³-hybridized carbons (Fsp3) is 0.0526. The Balaban J connectivity index is 1.83. The van der Waals surface area contributed by atoms with Gasteiger partial charge in [0.1, 0.15) is 16.3 Å². The van der Waals surface area contributed by atoms with Crippen molar-refractivity contribution in [2.45, 2.75) is 6.18 Å². The summed E-state index contributed by atoms with van der Waals surface area (Å²) in [7, 11) is 0. The quantitative estimate of drug-likeness (QED) is 0.461. The normalized spacial score (nSPS) is 11.9. The van der Waals surface area contributed by atoms with Gasteiger partial charge in [-0.15, -0.1) is 11.3 Å². The molecule has 0 aliphatic heterocycles. The first-order chi connectivity index (χ1) is 12.8. The number of nitrogens with one attached hydrogen (secondary N) is 1. The van der Waals surface area contributed by atoms with Crippen molar-refractivity contribution in [1.82, 2.24) is 9.97 Å². The van der Waals surface area contributed by atoms with E-state index < -0.39 is 17.3 Å². The number of alkyl halides is 3. The largest absolute Gasteiger partial charge is 0.416 e. The fourth-order valence-electron chi connectivity index (χ4n) is 2.68. The molecule has 0 unspecified atom stereocenters. The molecule has 0 saturated heterocycles. The van der Waals surface area contributed by atoms with E-state index >= 15 is 0 Å². The van der Waals surface area contributed by atoms with E-state index in [9.17, 15) is 22.4 Å². The number of hydrogen-bond acceptors (Lipinski definition) is 3. The van der Waals surface area contributed by atoms with Crippen LogP contribution in [0.3, 0.4) is 0 Å². The molecule has 4 rings (SSSR count). The zero-order chi connectivity index (χ0) is 19.2. The molecule has 2 aromatic heterocycles. The Bertz CT molecular complexity index is 1190. The molecule has 136 valence electrons. The lowest BCUT2D eigenvalue weighted by molar-refractivity contribution is -0.137. The van der Waals surface area contributed by atoms with Crippen LogP contribution in [0.4, 0.5) is 17.6 Å². The Morgan fingerprint density at radius 1 is 0.963 bits per heavy atom. The number of hydrogen-bond donors (Lipinski definition) is 1. The van der Waals surface area contributed by atoms with Crippen LogP contribution in [0.25, 0.3) is 32.0 Å². The molecular weight excluding hydrogens is 380 g/mol. The first-order valence-corrected chi connectivity index (χ1v) is 8.60. The molecule has 0 fully saturated rings. The molecular formula is C19H10F4N2OS. The highest BCUT2D eigenvalue weighted by Gasteiger charge is 2.30. The second-order valence-electron chi connectivity index (χ2n) is 5.83. The third-order valence-electron chi connectivity index (χ3n) is 3.97. The number of H-pyrrole nitrogens is 1. The van der Waals surface area contributed by atoms with Gasteiger partial charge in [-0.2, -0.15) is 13.2 Å². The van der Waals surface area contributed by atoms with Crippen molar-refractivity contribution in [3.63, 3.8) is 0 Å². The molecule has 1 N–H and O–H groups in total. The summed E-state index contributed by atoms with van der Waals surface area (Å²) in [5, 5.41) is 0. The summed E-state index contributed by atoms with van der Waals surface area (Å²) in [6.07, 6.45) is -4.49. The predicted octanol–water partition coefficient (Wildman–Crippen LogP) is 5.48. The van der Waals surface area contributed by atoms with Crippen molar-refractivity contribution in [3.8, 4) is 21.8 Å². The van der Waals surface area contributed by atoms with Crippen LogP contribution in [-0.2, 0) is 6.18 Å². The molecule has 0 bridgehead atoms. The maximum atomic E-state index is 13.1. The van der Waals surface area contributed by atoms with Gasteiger partial charge >= 0.3 is 6.18 Å². The van der Waals surface area contributed by atoms with E-state index in [4.69, 9.17) is 0 Å². The monoisotopic (exact) mass is 390 g/mol. The van der Waals surface area contributed by atoms with Crippen LogP contribution in [-0.4, -0.2) is 9.97 Å². The van der Waals surface area contributed by atoms with Gasteiger partial charge in [0, 0.05) is 10.4 Å². The summed E-state index contributed by atoms with van der Waals surface area (Å²) >= 11 is 1.19. The van der Waals surface area contributed by atoms with Crippen LogP contribution in [0.1, 0.15) is 5.56 Å². The van der Waals surface area contributed by atoms with Crippen LogP contribution < -0.4 is 5.56 Å². The Morgan fingerprint density at radius 3 is 2.41 bits per heavy atom. The maximum Gasteiger partial charge on any atom is 0.416 e. The van der Waals surface area contributed by atoms with Crippen molar-refractivity contribution in [2.24, 2.45) is 0 Å². The first-order valence-electron chi connectivity index (χ1n) is 7.79. The number of thiophene rings is 1. The highest BCUT2D eigenvalue weighted by atomic mass is 32.1. The van der Waals surface area contributed by atoms with Crippen LogP contribution in [0.5, 0.6) is 0 Å². The van der Waals surface area contributed by atoms with Crippen molar-refractivity contribution in [2.75, 3.05) is 0 Å². The molecule has 0 spiro atoms. The van der Waals surface area contributed by atoms with Gasteiger partial charge < -0.3 is 4.98 Å². The van der Waals surface area contributed by atoms with Crippen LogP contribution in [0, 0.1) is 5.82 Å². The van der Waals surface area contributed by atoms with E-state index in [0.717, 1.165) is 17.7 Å². The summed E-state index contributed by atoms with van der Waals surface area (Å²) < 4.78 is 52.2. The molecule has 0 amide bonds. The van der Waals surface area contributed by atoms with Crippen LogP contribution in [0.15, 0.2) is 59.4 Å². The molecule has 2 aromatic carbocycles. The molecule has 0 aliphatic rings. The van der Waals surface area contributed by atoms with E-state index in [2.05, 4.69) is 9.97 Å². The number of nitrogens with zero attached hydrogens (tertiary/aromatic N) is 1. The molecule has 0 saturated carbocycles. The van der Waals surface area contributed by atoms with Gasteiger partial charge in [0.15, 0.2) is 0 Å². The number of aromatic nitrogens is 2. The molecule has 4 aromatic rings. The third-order valence-corrected chi connectivity index (χ3v) is 5.15. The fourth-order valence-corrected chi connectivity index (χ4v) is 3.67. The predicted molar refractivity (Wildman–Crippen MR) is 96.1 cm³/mol. The lowest BCUT2D eigenvalue weighted by Crippen LogP contribution is -2.09. The molecule has 27 heavy (non-hydrogen) atoms. The minimum absolute atomic E-state index is 0.0575. The second kappa shape index (κ2) is 6.31. The van der Waals surface area contributed by atoms with Crippen molar-refractivity contribution in [1.29, 1.82) is 0 Å². The summed E-state index contributed by atoms with van der Waals surface area (Å²) in [4.78, 5) is 19.9. The third kappa shape index (κ3) is 3.35. The van der Waals surface area contributed by atoms with Crippen molar-refractivity contribution in [3.05, 3.63) is 76.3 Å². The van der Waals surface area contributed by atoms with Crippen LogP contribution in [0.2, 0.25) is 0 Å². The first kappa shape index (κ1) is 17.4. The topological polar surface area (TPSA) is 45.8 Å². The SMILES string of the molecule is O=c1[nH]c(-c2cccc(C(F)(F)F)c2)nc2cc(-c3ccc(F)cc3)sc12. The molecule has 0 aliphatic carbocycles. The van der Waals surface area contributed by atoms with E-state index in [1.54, 1.807) is 18.2 Å². The maximum absolute atomic E-state index is 13.1. The number of halogens is 4. The summed E-state index contributed by atoms with van der Waals surface area (Å²) in [6, 6.07) is 12.1. The number of benzene rings is 2. The van der Waals surface area contributed by atoms with E-state index in [0.29, 0.717) is 15.1 Å². The zero-order valence-corrected chi connectivity index (χ0v) is 14.3. The smallest absolute Gasteiger partial charge is 0.305 e. The number of aromatic amines is 1. The molecule has 3 nitrogen and oxygen atoms in total. The Kier molecular flexibility index (Phi) is 4.07. The minimum Gasteiger partial charge on any atom is -0.305 e. The summed E-state index contributed by atoms with van der Waals surface area (Å²) in [6.45, 7) is 0. The van der Waals surface area contributed by atoms with Gasteiger partial charge in [-0.05, 0) is 35.9 Å². The molecule has 0 radical (unpaired) electrons. The second-order valence-corrected chi connectivity index (χ2v) is 6.88. The molecule has 8 heteroatoms. The Hall–Kier alpha value is -3.00.